The zero-order valence-electron chi connectivity index (χ0n) is 21.0. The Balaban J connectivity index is 2.41. The third kappa shape index (κ3) is 8.19. The summed E-state index contributed by atoms with van der Waals surface area (Å²) in [5, 5.41) is 0. The molecule has 0 amide bonds. The predicted molar refractivity (Wildman–Crippen MR) is 134 cm³/mol. The minimum absolute atomic E-state index is 0.107. The van der Waals surface area contributed by atoms with Crippen LogP contribution in [0.2, 0.25) is 0 Å². The highest BCUT2D eigenvalue weighted by Crippen LogP contribution is 2.36. The average Bonchev–Trinajstić information content (AvgIpc) is 2.75. The summed E-state index contributed by atoms with van der Waals surface area (Å²) >= 11 is 0. The Morgan fingerprint density at radius 2 is 1.94 bits per heavy atom. The summed E-state index contributed by atoms with van der Waals surface area (Å²) in [5.41, 5.74) is 5.75. The van der Waals surface area contributed by atoms with Gasteiger partial charge in [-0.05, 0) is 67.4 Å². The summed E-state index contributed by atoms with van der Waals surface area (Å²) in [6, 6.07) is 1.92. The fraction of sp³-hybridized carbons (Fsp3) is 0.520. The van der Waals surface area contributed by atoms with Gasteiger partial charge in [-0.25, -0.2) is 13.1 Å². The van der Waals surface area contributed by atoms with Gasteiger partial charge in [0.1, 0.15) is 6.54 Å². The first-order valence-electron chi connectivity index (χ1n) is 11.6. The summed E-state index contributed by atoms with van der Waals surface area (Å²) in [6.07, 6.45) is -1.78. The van der Waals surface area contributed by atoms with Crippen molar-refractivity contribution in [1.29, 1.82) is 0 Å². The van der Waals surface area contributed by atoms with Crippen LogP contribution in [0.3, 0.4) is 0 Å². The first kappa shape index (κ1) is 29.6. The van der Waals surface area contributed by atoms with Crippen molar-refractivity contribution in [3.8, 4) is 0 Å². The van der Waals surface area contributed by atoms with Crippen LogP contribution < -0.4 is 10.5 Å². The van der Waals surface area contributed by atoms with Crippen LogP contribution in [0.4, 0.5) is 13.2 Å². The van der Waals surface area contributed by atoms with Crippen molar-refractivity contribution < 1.29 is 31.1 Å². The van der Waals surface area contributed by atoms with Crippen LogP contribution in [0.25, 0.3) is 5.57 Å². The van der Waals surface area contributed by atoms with E-state index in [4.69, 9.17) is 10.5 Å². The van der Waals surface area contributed by atoms with E-state index in [9.17, 15) is 26.4 Å². The third-order valence-corrected chi connectivity index (χ3v) is 6.94. The zero-order valence-corrected chi connectivity index (χ0v) is 21.9. The highest BCUT2D eigenvalue weighted by Gasteiger charge is 2.34. The van der Waals surface area contributed by atoms with Gasteiger partial charge < -0.3 is 10.5 Å². The Kier molecular flexibility index (Phi) is 9.52. The molecule has 0 bridgehead atoms. The Bertz CT molecular complexity index is 1150. The second-order valence-corrected chi connectivity index (χ2v) is 11.6. The number of nitrogens with two attached hydrogens (primary N) is 1. The minimum atomic E-state index is -4.75. The van der Waals surface area contributed by atoms with Crippen LogP contribution in [0.15, 0.2) is 46.4 Å². The fourth-order valence-corrected chi connectivity index (χ4v) is 5.29. The summed E-state index contributed by atoms with van der Waals surface area (Å²) in [7, 11) is -4.38. The average molecular weight is 530 g/mol. The molecule has 0 radical (unpaired) electrons. The van der Waals surface area contributed by atoms with Gasteiger partial charge >= 0.3 is 12.1 Å². The van der Waals surface area contributed by atoms with Gasteiger partial charge in [-0.15, -0.1) is 0 Å². The molecule has 3 N–H and O–H groups in total. The zero-order chi connectivity index (χ0) is 27.3. The number of halogens is 3. The number of sulfonamides is 1. The first-order chi connectivity index (χ1) is 16.6. The van der Waals surface area contributed by atoms with Gasteiger partial charge in [-0.3, -0.25) is 9.79 Å². The second-order valence-electron chi connectivity index (χ2n) is 9.84. The van der Waals surface area contributed by atoms with Crippen LogP contribution in [0, 0.1) is 5.41 Å². The molecule has 1 aliphatic rings. The number of carbonyl (C=O) groups is 1. The van der Waals surface area contributed by atoms with Gasteiger partial charge in [0.2, 0.25) is 10.0 Å². The molecule has 1 aliphatic carbocycles. The van der Waals surface area contributed by atoms with Crippen LogP contribution in [0.5, 0.6) is 0 Å². The molecule has 200 valence electrons. The molecule has 36 heavy (non-hydrogen) atoms. The van der Waals surface area contributed by atoms with E-state index in [1.54, 1.807) is 6.92 Å². The molecule has 1 saturated carbocycles. The number of esters is 1. The number of benzene rings is 1. The normalized spacial score (nSPS) is 19.5. The van der Waals surface area contributed by atoms with E-state index in [2.05, 4.69) is 16.3 Å². The van der Waals surface area contributed by atoms with E-state index in [0.29, 0.717) is 48.6 Å². The molecule has 0 aliphatic heterocycles. The minimum Gasteiger partial charge on any atom is -0.465 e. The van der Waals surface area contributed by atoms with Crippen molar-refractivity contribution in [2.45, 2.75) is 70.5 Å². The lowest BCUT2D eigenvalue weighted by Crippen LogP contribution is -2.41. The molecule has 0 aromatic heterocycles. The van der Waals surface area contributed by atoms with Crippen LogP contribution >= 0.6 is 0 Å². The fourth-order valence-electron chi connectivity index (χ4n) is 3.97. The second kappa shape index (κ2) is 11.6. The molecule has 7 nitrogen and oxygen atoms in total. The monoisotopic (exact) mass is 529 g/mol. The van der Waals surface area contributed by atoms with Crippen LogP contribution in [-0.4, -0.2) is 39.3 Å². The van der Waals surface area contributed by atoms with E-state index >= 15 is 0 Å². The lowest BCUT2D eigenvalue weighted by atomic mass is 9.85. The number of alkyl halides is 3. The number of nitrogens with one attached hydrogen (secondary N) is 1. The van der Waals surface area contributed by atoms with E-state index in [-0.39, 0.29) is 24.1 Å². The molecule has 1 aromatic carbocycles. The van der Waals surface area contributed by atoms with Gasteiger partial charge in [0, 0.05) is 17.5 Å². The van der Waals surface area contributed by atoms with E-state index in [1.807, 2.05) is 20.8 Å². The molecule has 0 spiro atoms. The van der Waals surface area contributed by atoms with Crippen LogP contribution in [-0.2, 0) is 25.7 Å². The number of aliphatic imine (C=N–C) groups is 1. The van der Waals surface area contributed by atoms with Gasteiger partial charge in [0.15, 0.2) is 0 Å². The maximum absolute atomic E-state index is 13.6. The lowest BCUT2D eigenvalue weighted by Gasteiger charge is -2.27. The largest absolute Gasteiger partial charge is 0.465 e. The molecule has 1 fully saturated rings. The van der Waals surface area contributed by atoms with E-state index in [1.165, 1.54) is 12.3 Å². The first-order valence-corrected chi connectivity index (χ1v) is 13.1. The van der Waals surface area contributed by atoms with Gasteiger partial charge in [-0.2, -0.15) is 13.2 Å². The SMILES string of the molecule is C=C(CC(C)(C)C)c1cc(C(F)(F)F)cc(S(=O)(=O)NC2CCCC(=NCC(=O)OCC)C2=CN)c1. The molecule has 0 heterocycles. The smallest absolute Gasteiger partial charge is 0.416 e. The van der Waals surface area contributed by atoms with E-state index < -0.39 is 38.7 Å². The molecular formula is C25H34F3N3O4S. The van der Waals surface area contributed by atoms with Crippen molar-refractivity contribution in [3.63, 3.8) is 0 Å². The number of hydrogen-bond acceptors (Lipinski definition) is 6. The van der Waals surface area contributed by atoms with Crippen molar-refractivity contribution in [3.05, 3.63) is 47.7 Å². The maximum atomic E-state index is 13.6. The highest BCUT2D eigenvalue weighted by atomic mass is 32.2. The highest BCUT2D eigenvalue weighted by molar-refractivity contribution is 7.89. The third-order valence-electron chi connectivity index (χ3n) is 5.49. The number of hydrogen-bond donors (Lipinski definition) is 2. The van der Waals surface area contributed by atoms with Gasteiger partial charge in [-0.1, -0.05) is 27.4 Å². The van der Waals surface area contributed by atoms with Crippen molar-refractivity contribution in [2.75, 3.05) is 13.2 Å². The number of ether oxygens (including phenoxy) is 1. The summed E-state index contributed by atoms with van der Waals surface area (Å²) in [5.74, 6) is -0.531. The Morgan fingerprint density at radius 3 is 2.50 bits per heavy atom. The summed E-state index contributed by atoms with van der Waals surface area (Å²) in [6.45, 7) is 11.3. The number of rotatable bonds is 8. The molecule has 1 atom stereocenters. The summed E-state index contributed by atoms with van der Waals surface area (Å²) < 4.78 is 74.8. The molecule has 1 unspecified atom stereocenters. The summed E-state index contributed by atoms with van der Waals surface area (Å²) in [4.78, 5) is 15.4. The molecule has 2 rings (SSSR count). The lowest BCUT2D eigenvalue weighted by molar-refractivity contribution is -0.141. The van der Waals surface area contributed by atoms with Gasteiger partial charge in [0.05, 0.1) is 23.1 Å². The van der Waals surface area contributed by atoms with E-state index in [0.717, 1.165) is 6.07 Å². The topological polar surface area (TPSA) is 111 Å². The molecule has 0 saturated heterocycles. The van der Waals surface area contributed by atoms with Crippen molar-refractivity contribution in [1.82, 2.24) is 4.72 Å². The molecular weight excluding hydrogens is 495 g/mol. The van der Waals surface area contributed by atoms with Crippen LogP contribution in [0.1, 0.15) is 64.5 Å². The maximum Gasteiger partial charge on any atom is 0.416 e. The Hall–Kier alpha value is -2.66. The number of carbonyl (C=O) groups excluding carboxylic acids is 1. The van der Waals surface area contributed by atoms with Crippen molar-refractivity contribution >= 4 is 27.3 Å². The standard InChI is InChI=1S/C25H34F3N3O4S/c1-6-35-23(32)15-30-21-8-7-9-22(20(21)14-29)31-36(33,34)19-11-17(16(2)13-24(3,4)5)10-18(12-19)25(26,27)28/h10-12,14,22,31H,2,6-9,13,15,29H2,1,3-5H3. The number of nitrogens with zero attached hydrogens (tertiary/aromatic N) is 1. The number of allylic oxidation sites excluding steroid dienone is 1. The van der Waals surface area contributed by atoms with Crippen molar-refractivity contribution in [2.24, 2.45) is 16.1 Å². The quantitative estimate of drug-likeness (QED) is 0.469. The Morgan fingerprint density at radius 1 is 1.28 bits per heavy atom. The van der Waals surface area contributed by atoms with Gasteiger partial charge in [0.25, 0.3) is 0 Å². The predicted octanol–water partition coefficient (Wildman–Crippen LogP) is 4.83. The molecule has 1 aromatic rings. The Labute approximate surface area is 210 Å². The molecule has 11 heteroatoms.